The van der Waals surface area contributed by atoms with Crippen LogP contribution in [0.2, 0.25) is 0 Å². The van der Waals surface area contributed by atoms with Crippen molar-refractivity contribution in [1.29, 1.82) is 0 Å². The van der Waals surface area contributed by atoms with E-state index in [2.05, 4.69) is 36.4 Å². The molecule has 0 N–H and O–H groups in total. The molecule has 90 valence electrons. The summed E-state index contributed by atoms with van der Waals surface area (Å²) in [6.07, 6.45) is 0.0588. The van der Waals surface area contributed by atoms with Crippen molar-refractivity contribution < 1.29 is 4.74 Å². The molecule has 0 amide bonds. The molecule has 2 aliphatic rings. The van der Waals surface area contributed by atoms with E-state index in [0.29, 0.717) is 0 Å². The minimum atomic E-state index is 0.0588. The van der Waals surface area contributed by atoms with E-state index in [-0.39, 0.29) is 12.1 Å². The van der Waals surface area contributed by atoms with Crippen LogP contribution in [0, 0.1) is 0 Å². The summed E-state index contributed by atoms with van der Waals surface area (Å²) in [5.74, 6) is 0. The number of aliphatic imine (C=N–C) groups is 1. The van der Waals surface area contributed by atoms with Crippen molar-refractivity contribution in [2.24, 2.45) is 4.99 Å². The van der Waals surface area contributed by atoms with Gasteiger partial charge in [0.1, 0.15) is 6.04 Å². The van der Waals surface area contributed by atoms with Gasteiger partial charge in [-0.2, -0.15) is 0 Å². The second-order valence-corrected chi connectivity index (χ2v) is 5.08. The van der Waals surface area contributed by atoms with E-state index in [1.165, 1.54) is 21.9 Å². The molecule has 1 aliphatic carbocycles. The van der Waals surface area contributed by atoms with E-state index in [4.69, 9.17) is 9.73 Å². The Kier molecular flexibility index (Phi) is 1.80. The summed E-state index contributed by atoms with van der Waals surface area (Å²) >= 11 is 0. The van der Waals surface area contributed by atoms with E-state index in [0.717, 1.165) is 6.02 Å². The Balaban J connectivity index is 1.96. The average molecular weight is 238 g/mol. The summed E-state index contributed by atoms with van der Waals surface area (Å²) in [4.78, 5) is 6.64. The van der Waals surface area contributed by atoms with Gasteiger partial charge in [0.15, 0.2) is 6.10 Å². The van der Waals surface area contributed by atoms with Gasteiger partial charge in [-0.25, -0.2) is 4.99 Å². The molecular formula is C15H14N2O. The van der Waals surface area contributed by atoms with Gasteiger partial charge in [-0.3, -0.25) is 0 Å². The molecule has 0 saturated carbocycles. The smallest absolute Gasteiger partial charge is 0.288 e. The van der Waals surface area contributed by atoms with Gasteiger partial charge in [0.25, 0.3) is 6.02 Å². The van der Waals surface area contributed by atoms with E-state index in [1.54, 1.807) is 0 Å². The van der Waals surface area contributed by atoms with Crippen LogP contribution in [0.1, 0.15) is 23.3 Å². The maximum atomic E-state index is 6.00. The van der Waals surface area contributed by atoms with Crippen molar-refractivity contribution >= 4 is 16.8 Å². The van der Waals surface area contributed by atoms with Crippen LogP contribution in [0.5, 0.6) is 0 Å². The van der Waals surface area contributed by atoms with Gasteiger partial charge >= 0.3 is 0 Å². The highest BCUT2D eigenvalue weighted by Crippen LogP contribution is 2.50. The zero-order valence-electron chi connectivity index (χ0n) is 10.4. The highest BCUT2D eigenvalue weighted by Gasteiger charge is 2.41. The van der Waals surface area contributed by atoms with Gasteiger partial charge < -0.3 is 9.64 Å². The van der Waals surface area contributed by atoms with E-state index >= 15 is 0 Å². The van der Waals surface area contributed by atoms with Crippen molar-refractivity contribution in [3.63, 3.8) is 0 Å². The van der Waals surface area contributed by atoms with Gasteiger partial charge in [0, 0.05) is 19.7 Å². The Bertz CT molecular complexity index is 670. The molecule has 2 aromatic carbocycles. The van der Waals surface area contributed by atoms with Crippen LogP contribution >= 0.6 is 0 Å². The van der Waals surface area contributed by atoms with Gasteiger partial charge in [-0.15, -0.1) is 0 Å². The maximum Gasteiger partial charge on any atom is 0.288 e. The monoisotopic (exact) mass is 238 g/mol. The molecule has 4 rings (SSSR count). The largest absolute Gasteiger partial charge is 0.454 e. The predicted octanol–water partition coefficient (Wildman–Crippen LogP) is 2.88. The summed E-state index contributed by atoms with van der Waals surface area (Å²) in [6.45, 7) is 0. The summed E-state index contributed by atoms with van der Waals surface area (Å²) in [5.41, 5.74) is 2.57. The van der Waals surface area contributed by atoms with Gasteiger partial charge in [0.05, 0.1) is 0 Å². The van der Waals surface area contributed by atoms with Crippen LogP contribution in [0.25, 0.3) is 10.8 Å². The number of benzene rings is 2. The normalized spacial score (nSPS) is 23.8. The maximum absolute atomic E-state index is 6.00. The Morgan fingerprint density at radius 3 is 2.50 bits per heavy atom. The fraction of sp³-hybridized carbons (Fsp3) is 0.267. The lowest BCUT2D eigenvalue weighted by Crippen LogP contribution is -2.22. The van der Waals surface area contributed by atoms with Crippen LogP contribution in [0.15, 0.2) is 41.4 Å². The Morgan fingerprint density at radius 2 is 1.78 bits per heavy atom. The van der Waals surface area contributed by atoms with Crippen LogP contribution in [-0.4, -0.2) is 25.0 Å². The molecule has 0 radical (unpaired) electrons. The van der Waals surface area contributed by atoms with Crippen LogP contribution in [0.3, 0.4) is 0 Å². The Hall–Kier alpha value is -2.03. The second kappa shape index (κ2) is 3.25. The van der Waals surface area contributed by atoms with Crippen molar-refractivity contribution in [2.75, 3.05) is 14.1 Å². The van der Waals surface area contributed by atoms with Crippen molar-refractivity contribution in [3.05, 3.63) is 47.5 Å². The van der Waals surface area contributed by atoms with Crippen molar-refractivity contribution in [3.8, 4) is 0 Å². The lowest BCUT2D eigenvalue weighted by molar-refractivity contribution is 0.180. The minimum Gasteiger partial charge on any atom is -0.454 e. The molecule has 0 unspecified atom stereocenters. The summed E-state index contributed by atoms with van der Waals surface area (Å²) in [6, 6.07) is 13.7. The van der Waals surface area contributed by atoms with Crippen molar-refractivity contribution in [1.82, 2.24) is 4.90 Å². The number of hydrogen-bond donors (Lipinski definition) is 0. The zero-order chi connectivity index (χ0) is 12.3. The first kappa shape index (κ1) is 9.95. The fourth-order valence-corrected chi connectivity index (χ4v) is 2.97. The third-order valence-electron chi connectivity index (χ3n) is 3.75. The van der Waals surface area contributed by atoms with Gasteiger partial charge in [-0.1, -0.05) is 36.4 Å². The second-order valence-electron chi connectivity index (χ2n) is 5.08. The molecule has 2 aromatic rings. The SMILES string of the molecule is CN(C)C1=N[C@H]2c3cccc4cccc(c34)[C@@H]2O1. The predicted molar refractivity (Wildman–Crippen MR) is 71.6 cm³/mol. The van der Waals surface area contributed by atoms with E-state index in [1.807, 2.05) is 19.0 Å². The van der Waals surface area contributed by atoms with Crippen LogP contribution < -0.4 is 0 Å². The first-order valence-electron chi connectivity index (χ1n) is 6.19. The molecule has 0 bridgehead atoms. The summed E-state index contributed by atoms with van der Waals surface area (Å²) in [5, 5.41) is 2.61. The van der Waals surface area contributed by atoms with E-state index < -0.39 is 0 Å². The lowest BCUT2D eigenvalue weighted by atomic mass is 10.0. The molecule has 1 heterocycles. The summed E-state index contributed by atoms with van der Waals surface area (Å²) in [7, 11) is 3.93. The third kappa shape index (κ3) is 1.11. The molecule has 3 nitrogen and oxygen atoms in total. The topological polar surface area (TPSA) is 24.8 Å². The number of nitrogens with zero attached hydrogens (tertiary/aromatic N) is 2. The summed E-state index contributed by atoms with van der Waals surface area (Å²) < 4.78 is 6.00. The molecule has 0 spiro atoms. The number of fused-ring (bicyclic) bond motifs is 3. The first-order valence-corrected chi connectivity index (χ1v) is 6.19. The van der Waals surface area contributed by atoms with Crippen LogP contribution in [-0.2, 0) is 4.74 Å². The zero-order valence-corrected chi connectivity index (χ0v) is 10.4. The Morgan fingerprint density at radius 1 is 1.06 bits per heavy atom. The van der Waals surface area contributed by atoms with E-state index in [9.17, 15) is 0 Å². The highest BCUT2D eigenvalue weighted by atomic mass is 16.5. The molecule has 0 saturated heterocycles. The third-order valence-corrected chi connectivity index (χ3v) is 3.75. The number of rotatable bonds is 0. The van der Waals surface area contributed by atoms with Gasteiger partial charge in [0.2, 0.25) is 0 Å². The molecule has 18 heavy (non-hydrogen) atoms. The quantitative estimate of drug-likeness (QED) is 0.705. The average Bonchev–Trinajstić information content (AvgIpc) is 2.92. The molecular weight excluding hydrogens is 224 g/mol. The molecule has 1 aliphatic heterocycles. The number of ether oxygens (including phenoxy) is 1. The molecule has 0 fully saturated rings. The highest BCUT2D eigenvalue weighted by molar-refractivity contribution is 5.93. The first-order chi connectivity index (χ1) is 8.75. The lowest BCUT2D eigenvalue weighted by Gasteiger charge is -2.15. The van der Waals surface area contributed by atoms with Crippen molar-refractivity contribution in [2.45, 2.75) is 12.1 Å². The fourth-order valence-electron chi connectivity index (χ4n) is 2.97. The Labute approximate surface area is 106 Å². The number of hydrogen-bond acceptors (Lipinski definition) is 3. The molecule has 2 atom stereocenters. The van der Waals surface area contributed by atoms with Gasteiger partial charge in [-0.05, 0) is 16.3 Å². The molecule has 3 heteroatoms. The molecule has 0 aromatic heterocycles. The standard InChI is InChI=1S/C15H14N2O/c1-17(2)15-16-13-10-7-3-5-9-6-4-8-11(12(9)10)14(13)18-15/h3-8,13-14H,1-2H3/t13-,14-/m0/s1. The minimum absolute atomic E-state index is 0.0588. The number of amidine groups is 1. The van der Waals surface area contributed by atoms with Crippen LogP contribution in [0.4, 0.5) is 0 Å².